The van der Waals surface area contributed by atoms with Crippen LogP contribution in [0.2, 0.25) is 0 Å². The molecule has 0 saturated carbocycles. The highest BCUT2D eigenvalue weighted by molar-refractivity contribution is 5.00. The van der Waals surface area contributed by atoms with Crippen molar-refractivity contribution in [3.8, 4) is 6.07 Å². The minimum atomic E-state index is -0.656. The van der Waals surface area contributed by atoms with Crippen molar-refractivity contribution in [1.29, 1.82) is 5.26 Å². The minimum Gasteiger partial charge on any atom is -0.314 e. The summed E-state index contributed by atoms with van der Waals surface area (Å²) in [7, 11) is 2.21. The second-order valence-corrected chi connectivity index (χ2v) is 5.48. The molecule has 0 aromatic carbocycles. The maximum atomic E-state index is 8.85. The fourth-order valence-electron chi connectivity index (χ4n) is 2.38. The van der Waals surface area contributed by atoms with Gasteiger partial charge in [-0.15, -0.1) is 0 Å². The van der Waals surface area contributed by atoms with Crippen molar-refractivity contribution < 1.29 is 0 Å². The molecule has 0 amide bonds. The number of hydrogen-bond donors (Lipinski definition) is 1. The van der Waals surface area contributed by atoms with Gasteiger partial charge in [-0.2, -0.15) is 5.26 Å². The second-order valence-electron chi connectivity index (χ2n) is 5.48. The zero-order valence-corrected chi connectivity index (χ0v) is 11.4. The third kappa shape index (κ3) is 4.63. The Labute approximate surface area is 105 Å². The second kappa shape index (κ2) is 6.34. The summed E-state index contributed by atoms with van der Waals surface area (Å²) >= 11 is 0. The normalized spacial score (nSPS) is 26.4. The Hall–Kier alpha value is -0.630. The molecule has 17 heavy (non-hydrogen) atoms. The molecule has 0 spiro atoms. The molecule has 0 aromatic heterocycles. The van der Waals surface area contributed by atoms with Gasteiger partial charge in [-0.1, -0.05) is 6.92 Å². The van der Waals surface area contributed by atoms with Crippen LogP contribution in [-0.4, -0.2) is 54.6 Å². The van der Waals surface area contributed by atoms with Crippen LogP contribution in [0.25, 0.3) is 0 Å². The van der Waals surface area contributed by atoms with Gasteiger partial charge in [0.05, 0.1) is 6.07 Å². The van der Waals surface area contributed by atoms with Gasteiger partial charge in [0.25, 0.3) is 0 Å². The first-order chi connectivity index (χ1) is 7.98. The van der Waals surface area contributed by atoms with Gasteiger partial charge in [0.2, 0.25) is 0 Å². The van der Waals surface area contributed by atoms with Crippen LogP contribution < -0.4 is 5.73 Å². The van der Waals surface area contributed by atoms with Crippen molar-refractivity contribution in [2.24, 2.45) is 5.73 Å². The zero-order chi connectivity index (χ0) is 12.9. The Balaban J connectivity index is 2.27. The summed E-state index contributed by atoms with van der Waals surface area (Å²) in [6.45, 7) is 8.57. The molecule has 1 heterocycles. The lowest BCUT2D eigenvalue weighted by atomic mass is 9.99. The molecular formula is C13H26N4. The molecule has 1 aliphatic rings. The van der Waals surface area contributed by atoms with Crippen molar-refractivity contribution in [1.82, 2.24) is 9.80 Å². The molecular weight excluding hydrogens is 212 g/mol. The highest BCUT2D eigenvalue weighted by Gasteiger charge is 2.23. The summed E-state index contributed by atoms with van der Waals surface area (Å²) in [5.74, 6) is 0. The van der Waals surface area contributed by atoms with Gasteiger partial charge in [0.15, 0.2) is 0 Å². The molecule has 0 radical (unpaired) electrons. The Kier molecular flexibility index (Phi) is 5.38. The summed E-state index contributed by atoms with van der Waals surface area (Å²) < 4.78 is 0. The molecule has 1 rings (SSSR count). The van der Waals surface area contributed by atoms with E-state index in [9.17, 15) is 0 Å². The first-order valence-corrected chi connectivity index (χ1v) is 6.61. The molecule has 98 valence electrons. The minimum absolute atomic E-state index is 0.656. The number of nitrogens with zero attached hydrogens (tertiary/aromatic N) is 3. The van der Waals surface area contributed by atoms with E-state index in [2.05, 4.69) is 29.8 Å². The van der Waals surface area contributed by atoms with E-state index in [4.69, 9.17) is 11.0 Å². The van der Waals surface area contributed by atoms with E-state index in [-0.39, 0.29) is 0 Å². The number of hydrogen-bond acceptors (Lipinski definition) is 4. The van der Waals surface area contributed by atoms with E-state index in [1.165, 1.54) is 6.42 Å². The lowest BCUT2D eigenvalue weighted by Crippen LogP contribution is -2.51. The Morgan fingerprint density at radius 2 is 2.18 bits per heavy atom. The Morgan fingerprint density at radius 3 is 2.76 bits per heavy atom. The average molecular weight is 238 g/mol. The largest absolute Gasteiger partial charge is 0.314 e. The molecule has 2 N–H and O–H groups in total. The highest BCUT2D eigenvalue weighted by Crippen LogP contribution is 2.13. The molecule has 4 nitrogen and oxygen atoms in total. The molecule has 2 unspecified atom stereocenters. The quantitative estimate of drug-likeness (QED) is 0.777. The molecule has 0 bridgehead atoms. The van der Waals surface area contributed by atoms with Gasteiger partial charge in [-0.25, -0.2) is 0 Å². The summed E-state index contributed by atoms with van der Waals surface area (Å²) in [4.78, 5) is 4.94. The maximum absolute atomic E-state index is 8.85. The van der Waals surface area contributed by atoms with E-state index in [1.807, 2.05) is 6.92 Å². The molecule has 1 saturated heterocycles. The zero-order valence-electron chi connectivity index (χ0n) is 11.4. The average Bonchev–Trinajstić information content (AvgIpc) is 2.31. The fraction of sp³-hybridized carbons (Fsp3) is 0.923. The molecule has 1 aliphatic heterocycles. The van der Waals surface area contributed by atoms with Crippen LogP contribution >= 0.6 is 0 Å². The SMILES string of the molecule is CCC1CN(CCCC(C)(N)C#N)CCN1C. The molecule has 0 aromatic rings. The van der Waals surface area contributed by atoms with Crippen molar-refractivity contribution in [3.05, 3.63) is 0 Å². The topological polar surface area (TPSA) is 56.3 Å². The van der Waals surface area contributed by atoms with Crippen molar-refractivity contribution >= 4 is 0 Å². The first-order valence-electron chi connectivity index (χ1n) is 6.61. The van der Waals surface area contributed by atoms with E-state index in [1.54, 1.807) is 0 Å². The third-order valence-corrected chi connectivity index (χ3v) is 3.76. The summed E-state index contributed by atoms with van der Waals surface area (Å²) in [6, 6.07) is 2.84. The Bertz CT molecular complexity index is 269. The van der Waals surface area contributed by atoms with Crippen LogP contribution in [0.4, 0.5) is 0 Å². The van der Waals surface area contributed by atoms with Crippen LogP contribution in [0.15, 0.2) is 0 Å². The number of nitriles is 1. The monoisotopic (exact) mass is 238 g/mol. The molecule has 2 atom stereocenters. The van der Waals surface area contributed by atoms with E-state index in [0.29, 0.717) is 6.04 Å². The van der Waals surface area contributed by atoms with Crippen LogP contribution in [0, 0.1) is 11.3 Å². The lowest BCUT2D eigenvalue weighted by Gasteiger charge is -2.39. The molecule has 1 fully saturated rings. The predicted octanol–water partition coefficient (Wildman–Crippen LogP) is 1.03. The summed E-state index contributed by atoms with van der Waals surface area (Å²) in [5.41, 5.74) is 5.16. The number of likely N-dealkylation sites (N-methyl/N-ethyl adjacent to an activating group) is 1. The third-order valence-electron chi connectivity index (χ3n) is 3.76. The van der Waals surface area contributed by atoms with E-state index >= 15 is 0 Å². The first kappa shape index (κ1) is 14.4. The van der Waals surface area contributed by atoms with Gasteiger partial charge in [0.1, 0.15) is 5.54 Å². The van der Waals surface area contributed by atoms with Gasteiger partial charge in [-0.05, 0) is 39.8 Å². The maximum Gasteiger partial charge on any atom is 0.101 e. The predicted molar refractivity (Wildman–Crippen MR) is 70.6 cm³/mol. The van der Waals surface area contributed by atoms with Gasteiger partial charge in [-0.3, -0.25) is 0 Å². The van der Waals surface area contributed by atoms with Crippen LogP contribution in [-0.2, 0) is 0 Å². The fourth-order valence-corrected chi connectivity index (χ4v) is 2.38. The summed E-state index contributed by atoms with van der Waals surface area (Å²) in [6.07, 6.45) is 3.01. The highest BCUT2D eigenvalue weighted by atomic mass is 15.3. The molecule has 0 aliphatic carbocycles. The van der Waals surface area contributed by atoms with Crippen LogP contribution in [0.1, 0.15) is 33.1 Å². The van der Waals surface area contributed by atoms with Crippen molar-refractivity contribution in [2.45, 2.75) is 44.7 Å². The Morgan fingerprint density at radius 1 is 1.47 bits per heavy atom. The van der Waals surface area contributed by atoms with Gasteiger partial charge >= 0.3 is 0 Å². The van der Waals surface area contributed by atoms with Gasteiger partial charge in [0, 0.05) is 25.7 Å². The number of rotatable bonds is 5. The van der Waals surface area contributed by atoms with Gasteiger partial charge < -0.3 is 15.5 Å². The van der Waals surface area contributed by atoms with E-state index in [0.717, 1.165) is 39.0 Å². The number of nitrogens with two attached hydrogens (primary N) is 1. The van der Waals surface area contributed by atoms with Crippen LogP contribution in [0.3, 0.4) is 0 Å². The van der Waals surface area contributed by atoms with Crippen LogP contribution in [0.5, 0.6) is 0 Å². The smallest absolute Gasteiger partial charge is 0.101 e. The molecule has 4 heteroatoms. The summed E-state index contributed by atoms with van der Waals surface area (Å²) in [5, 5.41) is 8.85. The van der Waals surface area contributed by atoms with Crippen molar-refractivity contribution in [3.63, 3.8) is 0 Å². The van der Waals surface area contributed by atoms with Crippen molar-refractivity contribution in [2.75, 3.05) is 33.2 Å². The lowest BCUT2D eigenvalue weighted by molar-refractivity contribution is 0.0913. The van der Waals surface area contributed by atoms with E-state index < -0.39 is 5.54 Å². The standard InChI is InChI=1S/C13H26N4/c1-4-12-10-17(9-8-16(12)3)7-5-6-13(2,15)11-14/h12H,4-10,15H2,1-3H3. The number of piperazine rings is 1.